The van der Waals surface area contributed by atoms with Crippen LogP contribution in [0.25, 0.3) is 11.3 Å². The molecule has 3 heterocycles. The topological polar surface area (TPSA) is 50.2 Å². The molecular formula is C20H22N4OS2. The fraction of sp³-hybridized carbons (Fsp3) is 0.300. The lowest BCUT2D eigenvalue weighted by Gasteiger charge is -2.25. The number of carbonyl (C=O) groups is 1. The number of nitrogens with zero attached hydrogens (tertiary/aromatic N) is 3. The zero-order valence-electron chi connectivity index (χ0n) is 15.4. The van der Waals surface area contributed by atoms with Crippen molar-refractivity contribution in [2.24, 2.45) is 0 Å². The zero-order chi connectivity index (χ0) is 18.8. The summed E-state index contributed by atoms with van der Waals surface area (Å²) >= 11 is 3.69. The number of benzene rings is 1. The van der Waals surface area contributed by atoms with Gasteiger partial charge >= 0.3 is 0 Å². The highest BCUT2D eigenvalue weighted by molar-refractivity contribution is 7.99. The van der Waals surface area contributed by atoms with Gasteiger partial charge in [-0.05, 0) is 32.0 Å². The van der Waals surface area contributed by atoms with Crippen molar-refractivity contribution in [2.45, 2.75) is 13.8 Å². The number of anilines is 1. The molecule has 1 aliphatic rings. The lowest BCUT2D eigenvalue weighted by Crippen LogP contribution is -2.32. The average molecular weight is 399 g/mol. The van der Waals surface area contributed by atoms with E-state index in [9.17, 15) is 4.79 Å². The van der Waals surface area contributed by atoms with Gasteiger partial charge in [-0.25, -0.2) is 4.98 Å². The van der Waals surface area contributed by atoms with Crippen LogP contribution in [0.5, 0.6) is 0 Å². The highest BCUT2D eigenvalue weighted by atomic mass is 32.2. The van der Waals surface area contributed by atoms with Gasteiger partial charge in [0.25, 0.3) is 5.91 Å². The van der Waals surface area contributed by atoms with Crippen LogP contribution in [0.3, 0.4) is 0 Å². The van der Waals surface area contributed by atoms with Crippen molar-refractivity contribution >= 4 is 34.1 Å². The van der Waals surface area contributed by atoms with Crippen LogP contribution in [0, 0.1) is 13.8 Å². The maximum Gasteiger partial charge on any atom is 0.270 e. The normalized spacial score (nSPS) is 14.4. The standard InChI is InChI=1S/C20H22N4OS2/c1-14-12-17(18-13-27-20(21-18)23-8-10-26-11-9-23)15(2)24(14)22-19(25)16-6-4-3-5-7-16/h3-7,12-13H,8-11H2,1-2H3,(H,22,25). The number of aromatic nitrogens is 2. The summed E-state index contributed by atoms with van der Waals surface area (Å²) in [5.74, 6) is 2.21. The third-order valence-corrected chi connectivity index (χ3v) is 6.57. The van der Waals surface area contributed by atoms with Gasteiger partial charge in [-0.3, -0.25) is 14.9 Å². The van der Waals surface area contributed by atoms with Crippen molar-refractivity contribution in [3.05, 3.63) is 58.7 Å². The van der Waals surface area contributed by atoms with E-state index in [0.29, 0.717) is 5.56 Å². The number of thiazole rings is 1. The van der Waals surface area contributed by atoms with E-state index in [4.69, 9.17) is 4.98 Å². The van der Waals surface area contributed by atoms with Crippen LogP contribution in [0.4, 0.5) is 5.13 Å². The molecule has 0 spiro atoms. The first kappa shape index (κ1) is 18.1. The highest BCUT2D eigenvalue weighted by Crippen LogP contribution is 2.32. The summed E-state index contributed by atoms with van der Waals surface area (Å²) < 4.78 is 1.85. The number of nitrogens with one attached hydrogen (secondary N) is 1. The molecule has 1 fully saturated rings. The average Bonchev–Trinajstić information content (AvgIpc) is 3.30. The Morgan fingerprint density at radius 3 is 2.63 bits per heavy atom. The minimum Gasteiger partial charge on any atom is -0.346 e. The predicted octanol–water partition coefficient (Wildman–Crippen LogP) is 4.17. The molecule has 0 unspecified atom stereocenters. The summed E-state index contributed by atoms with van der Waals surface area (Å²) in [6.45, 7) is 6.13. The molecule has 0 bridgehead atoms. The maximum absolute atomic E-state index is 12.5. The largest absolute Gasteiger partial charge is 0.346 e. The molecule has 0 radical (unpaired) electrons. The van der Waals surface area contributed by atoms with Gasteiger partial charge in [0.05, 0.1) is 5.69 Å². The van der Waals surface area contributed by atoms with E-state index in [0.717, 1.165) is 52.4 Å². The van der Waals surface area contributed by atoms with Crippen LogP contribution in [0.15, 0.2) is 41.8 Å². The van der Waals surface area contributed by atoms with Gasteiger partial charge in [-0.1, -0.05) is 18.2 Å². The van der Waals surface area contributed by atoms with E-state index >= 15 is 0 Å². The molecule has 1 aromatic carbocycles. The minimum atomic E-state index is -0.117. The third-order valence-electron chi connectivity index (χ3n) is 4.73. The van der Waals surface area contributed by atoms with Gasteiger partial charge in [-0.15, -0.1) is 11.3 Å². The van der Waals surface area contributed by atoms with E-state index in [1.165, 1.54) is 0 Å². The van der Waals surface area contributed by atoms with E-state index in [2.05, 4.69) is 21.8 Å². The molecule has 1 aliphatic heterocycles. The van der Waals surface area contributed by atoms with E-state index in [1.54, 1.807) is 11.3 Å². The van der Waals surface area contributed by atoms with Gasteiger partial charge in [0.15, 0.2) is 5.13 Å². The molecule has 3 aromatic rings. The Morgan fingerprint density at radius 2 is 1.89 bits per heavy atom. The Bertz CT molecular complexity index is 942. The Kier molecular flexibility index (Phi) is 5.22. The Morgan fingerprint density at radius 1 is 1.15 bits per heavy atom. The van der Waals surface area contributed by atoms with Crippen LogP contribution in [-0.4, -0.2) is 40.2 Å². The number of hydrogen-bond donors (Lipinski definition) is 1. The van der Waals surface area contributed by atoms with E-state index < -0.39 is 0 Å². The molecule has 27 heavy (non-hydrogen) atoms. The molecule has 0 aliphatic carbocycles. The van der Waals surface area contributed by atoms with E-state index in [1.807, 2.05) is 60.6 Å². The highest BCUT2D eigenvalue weighted by Gasteiger charge is 2.19. The molecule has 1 saturated heterocycles. The van der Waals surface area contributed by atoms with Crippen LogP contribution < -0.4 is 10.3 Å². The molecule has 1 N–H and O–H groups in total. The number of aryl methyl sites for hydroxylation is 1. The molecule has 4 rings (SSSR count). The van der Waals surface area contributed by atoms with Gasteiger partial charge in [0.1, 0.15) is 0 Å². The Balaban J connectivity index is 1.57. The summed E-state index contributed by atoms with van der Waals surface area (Å²) in [4.78, 5) is 19.7. The summed E-state index contributed by atoms with van der Waals surface area (Å²) in [7, 11) is 0. The predicted molar refractivity (Wildman–Crippen MR) is 115 cm³/mol. The van der Waals surface area contributed by atoms with Crippen LogP contribution in [0.2, 0.25) is 0 Å². The van der Waals surface area contributed by atoms with Crippen molar-refractivity contribution in [1.82, 2.24) is 9.66 Å². The third kappa shape index (κ3) is 3.75. The minimum absolute atomic E-state index is 0.117. The molecule has 140 valence electrons. The fourth-order valence-corrected chi connectivity index (χ4v) is 5.02. The van der Waals surface area contributed by atoms with Crippen LogP contribution >= 0.6 is 23.1 Å². The first-order valence-corrected chi connectivity index (χ1v) is 11.0. The van der Waals surface area contributed by atoms with Crippen molar-refractivity contribution in [3.8, 4) is 11.3 Å². The molecule has 7 heteroatoms. The van der Waals surface area contributed by atoms with Crippen LogP contribution in [0.1, 0.15) is 21.7 Å². The molecule has 2 aromatic heterocycles. The molecule has 5 nitrogen and oxygen atoms in total. The van der Waals surface area contributed by atoms with Gasteiger partial charge < -0.3 is 4.90 Å². The number of amides is 1. The number of thioether (sulfide) groups is 1. The van der Waals surface area contributed by atoms with Gasteiger partial charge in [0.2, 0.25) is 0 Å². The molecular weight excluding hydrogens is 376 g/mol. The Labute approximate surface area is 167 Å². The first-order valence-electron chi connectivity index (χ1n) is 8.97. The number of carbonyl (C=O) groups excluding carboxylic acids is 1. The maximum atomic E-state index is 12.5. The Hall–Kier alpha value is -2.25. The summed E-state index contributed by atoms with van der Waals surface area (Å²) in [5, 5.41) is 3.20. The summed E-state index contributed by atoms with van der Waals surface area (Å²) in [6.07, 6.45) is 0. The smallest absolute Gasteiger partial charge is 0.270 e. The SMILES string of the molecule is Cc1cc(-c2csc(N3CCSCC3)n2)c(C)n1NC(=O)c1ccccc1. The quantitative estimate of drug-likeness (QED) is 0.717. The number of hydrogen-bond acceptors (Lipinski definition) is 5. The van der Waals surface area contributed by atoms with Crippen molar-refractivity contribution in [3.63, 3.8) is 0 Å². The monoisotopic (exact) mass is 398 g/mol. The molecule has 0 atom stereocenters. The van der Waals surface area contributed by atoms with Crippen LogP contribution in [-0.2, 0) is 0 Å². The second-order valence-electron chi connectivity index (χ2n) is 6.54. The summed E-state index contributed by atoms with van der Waals surface area (Å²) in [5.41, 5.74) is 7.65. The zero-order valence-corrected chi connectivity index (χ0v) is 17.1. The lowest BCUT2D eigenvalue weighted by molar-refractivity contribution is 0.101. The van der Waals surface area contributed by atoms with Crippen molar-refractivity contribution < 1.29 is 4.79 Å². The fourth-order valence-electron chi connectivity index (χ4n) is 3.24. The van der Waals surface area contributed by atoms with Gasteiger partial charge in [0, 0.05) is 52.5 Å². The van der Waals surface area contributed by atoms with Gasteiger partial charge in [-0.2, -0.15) is 11.8 Å². The second-order valence-corrected chi connectivity index (χ2v) is 8.60. The lowest BCUT2D eigenvalue weighted by atomic mass is 10.2. The molecule has 0 saturated carbocycles. The molecule has 1 amide bonds. The number of rotatable bonds is 4. The first-order chi connectivity index (χ1) is 13.1. The van der Waals surface area contributed by atoms with E-state index in [-0.39, 0.29) is 5.91 Å². The second kappa shape index (κ2) is 7.78. The summed E-state index contributed by atoms with van der Waals surface area (Å²) in [6, 6.07) is 11.4. The van der Waals surface area contributed by atoms with Crippen molar-refractivity contribution in [1.29, 1.82) is 0 Å². The van der Waals surface area contributed by atoms with Crippen molar-refractivity contribution in [2.75, 3.05) is 34.9 Å².